The van der Waals surface area contributed by atoms with Crippen LogP contribution in [0.25, 0.3) is 0 Å². The van der Waals surface area contributed by atoms with Gasteiger partial charge in [-0.15, -0.1) is 0 Å². The Labute approximate surface area is 124 Å². The third-order valence-corrected chi connectivity index (χ3v) is 4.15. The maximum atomic E-state index is 11.4. The number of halogens is 1. The quantitative estimate of drug-likeness (QED) is 0.905. The summed E-state index contributed by atoms with van der Waals surface area (Å²) >= 11 is 6.09. The van der Waals surface area contributed by atoms with E-state index in [0.29, 0.717) is 11.4 Å². The Morgan fingerprint density at radius 1 is 1.60 bits per heavy atom. The molecule has 2 rings (SSSR count). The van der Waals surface area contributed by atoms with Gasteiger partial charge in [-0.2, -0.15) is 0 Å². The van der Waals surface area contributed by atoms with Crippen LogP contribution in [0.5, 0.6) is 5.75 Å². The molecule has 0 bridgehead atoms. The molecule has 1 heterocycles. The smallest absolute Gasteiger partial charge is 0.320 e. The highest BCUT2D eigenvalue weighted by molar-refractivity contribution is 6.30. The van der Waals surface area contributed by atoms with Gasteiger partial charge in [0.1, 0.15) is 11.8 Å². The minimum Gasteiger partial charge on any atom is -0.496 e. The first kappa shape index (κ1) is 15.1. The molecule has 1 aromatic carbocycles. The van der Waals surface area contributed by atoms with Gasteiger partial charge in [0.2, 0.25) is 0 Å². The number of carboxylic acids is 1. The van der Waals surface area contributed by atoms with Crippen molar-refractivity contribution in [1.82, 2.24) is 4.90 Å². The van der Waals surface area contributed by atoms with E-state index in [9.17, 15) is 9.90 Å². The van der Waals surface area contributed by atoms with Gasteiger partial charge in [-0.25, -0.2) is 0 Å². The van der Waals surface area contributed by atoms with Gasteiger partial charge in [0.05, 0.1) is 7.11 Å². The molecule has 1 aliphatic rings. The van der Waals surface area contributed by atoms with E-state index in [-0.39, 0.29) is 6.04 Å². The van der Waals surface area contributed by atoms with Crippen LogP contribution in [-0.2, 0) is 4.79 Å². The SMILES string of the molecule is CCC(c1cc(Cl)ccc1OC)N1CCCC1C(=O)O. The molecule has 0 spiro atoms. The van der Waals surface area contributed by atoms with Gasteiger partial charge in [0, 0.05) is 16.6 Å². The van der Waals surface area contributed by atoms with Crippen LogP contribution in [0.1, 0.15) is 37.8 Å². The fourth-order valence-corrected chi connectivity index (χ4v) is 3.21. The number of rotatable bonds is 5. The summed E-state index contributed by atoms with van der Waals surface area (Å²) in [6.45, 7) is 2.85. The van der Waals surface area contributed by atoms with Crippen molar-refractivity contribution in [2.75, 3.05) is 13.7 Å². The van der Waals surface area contributed by atoms with Crippen molar-refractivity contribution in [3.8, 4) is 5.75 Å². The number of likely N-dealkylation sites (tertiary alicyclic amines) is 1. The zero-order valence-corrected chi connectivity index (χ0v) is 12.6. The molecule has 4 nitrogen and oxygen atoms in total. The molecule has 2 unspecified atom stereocenters. The lowest BCUT2D eigenvalue weighted by atomic mass is 10.0. The van der Waals surface area contributed by atoms with Gasteiger partial charge in [0.15, 0.2) is 0 Å². The normalized spacial score (nSPS) is 20.9. The average molecular weight is 298 g/mol. The van der Waals surface area contributed by atoms with Gasteiger partial charge < -0.3 is 9.84 Å². The van der Waals surface area contributed by atoms with Crippen LogP contribution in [0.2, 0.25) is 5.02 Å². The number of aliphatic carboxylic acids is 1. The highest BCUT2D eigenvalue weighted by atomic mass is 35.5. The molecule has 0 saturated carbocycles. The second kappa shape index (κ2) is 6.46. The monoisotopic (exact) mass is 297 g/mol. The predicted molar refractivity (Wildman–Crippen MR) is 78.4 cm³/mol. The molecule has 110 valence electrons. The van der Waals surface area contributed by atoms with Crippen LogP contribution in [0.3, 0.4) is 0 Å². The Morgan fingerprint density at radius 2 is 2.35 bits per heavy atom. The van der Waals surface area contributed by atoms with Crippen LogP contribution in [0.15, 0.2) is 18.2 Å². The maximum Gasteiger partial charge on any atom is 0.320 e. The highest BCUT2D eigenvalue weighted by Gasteiger charge is 2.36. The molecule has 1 N–H and O–H groups in total. The Kier molecular flexibility index (Phi) is 4.89. The number of hydrogen-bond donors (Lipinski definition) is 1. The molecule has 5 heteroatoms. The van der Waals surface area contributed by atoms with Crippen molar-refractivity contribution in [3.63, 3.8) is 0 Å². The number of benzene rings is 1. The van der Waals surface area contributed by atoms with E-state index in [1.165, 1.54) is 0 Å². The Hall–Kier alpha value is -1.26. The van der Waals surface area contributed by atoms with E-state index in [2.05, 4.69) is 11.8 Å². The lowest BCUT2D eigenvalue weighted by Crippen LogP contribution is -2.38. The molecule has 0 amide bonds. The lowest BCUT2D eigenvalue weighted by Gasteiger charge is -2.31. The Morgan fingerprint density at radius 3 is 2.95 bits per heavy atom. The average Bonchev–Trinajstić information content (AvgIpc) is 2.89. The number of hydrogen-bond acceptors (Lipinski definition) is 3. The second-order valence-corrected chi connectivity index (χ2v) is 5.48. The summed E-state index contributed by atoms with van der Waals surface area (Å²) in [6, 6.07) is 5.11. The van der Waals surface area contributed by atoms with Gasteiger partial charge in [-0.3, -0.25) is 9.69 Å². The van der Waals surface area contributed by atoms with Gasteiger partial charge >= 0.3 is 5.97 Å². The summed E-state index contributed by atoms with van der Waals surface area (Å²) in [5.41, 5.74) is 0.968. The molecule has 1 aliphatic heterocycles. The van der Waals surface area contributed by atoms with E-state index in [1.807, 2.05) is 12.1 Å². The Bertz CT molecular complexity index is 492. The summed E-state index contributed by atoms with van der Waals surface area (Å²) in [6.07, 6.45) is 2.44. The van der Waals surface area contributed by atoms with Crippen molar-refractivity contribution in [2.24, 2.45) is 0 Å². The van der Waals surface area contributed by atoms with Gasteiger partial charge in [-0.05, 0) is 44.0 Å². The first-order valence-corrected chi connectivity index (χ1v) is 7.28. The first-order valence-electron chi connectivity index (χ1n) is 6.90. The summed E-state index contributed by atoms with van der Waals surface area (Å²) in [5.74, 6) is 0.0132. The van der Waals surface area contributed by atoms with Crippen molar-refractivity contribution in [1.29, 1.82) is 0 Å². The summed E-state index contributed by atoms with van der Waals surface area (Å²) in [4.78, 5) is 13.4. The van der Waals surface area contributed by atoms with E-state index >= 15 is 0 Å². The van der Waals surface area contributed by atoms with E-state index in [0.717, 1.165) is 30.7 Å². The first-order chi connectivity index (χ1) is 9.58. The van der Waals surface area contributed by atoms with Gasteiger partial charge in [-0.1, -0.05) is 18.5 Å². The van der Waals surface area contributed by atoms with Crippen molar-refractivity contribution in [2.45, 2.75) is 38.3 Å². The van der Waals surface area contributed by atoms with E-state index in [1.54, 1.807) is 13.2 Å². The number of carboxylic acid groups (broad SMARTS) is 1. The topological polar surface area (TPSA) is 49.8 Å². The number of methoxy groups -OCH3 is 1. The Balaban J connectivity index is 2.37. The van der Waals surface area contributed by atoms with Crippen LogP contribution in [-0.4, -0.2) is 35.7 Å². The molecular weight excluding hydrogens is 278 g/mol. The third-order valence-electron chi connectivity index (χ3n) is 3.92. The molecule has 1 aromatic rings. The zero-order chi connectivity index (χ0) is 14.7. The van der Waals surface area contributed by atoms with Gasteiger partial charge in [0.25, 0.3) is 0 Å². The van der Waals surface area contributed by atoms with Crippen molar-refractivity contribution in [3.05, 3.63) is 28.8 Å². The molecule has 1 fully saturated rings. The van der Waals surface area contributed by atoms with Crippen molar-refractivity contribution >= 4 is 17.6 Å². The highest BCUT2D eigenvalue weighted by Crippen LogP contribution is 2.37. The summed E-state index contributed by atoms with van der Waals surface area (Å²) in [7, 11) is 1.62. The lowest BCUT2D eigenvalue weighted by molar-refractivity contribution is -0.143. The third kappa shape index (κ3) is 2.91. The molecule has 20 heavy (non-hydrogen) atoms. The fourth-order valence-electron chi connectivity index (χ4n) is 3.03. The van der Waals surface area contributed by atoms with Crippen LogP contribution >= 0.6 is 11.6 Å². The molecule has 0 aromatic heterocycles. The van der Waals surface area contributed by atoms with Crippen LogP contribution in [0.4, 0.5) is 0 Å². The van der Waals surface area contributed by atoms with E-state index in [4.69, 9.17) is 16.3 Å². The zero-order valence-electron chi connectivity index (χ0n) is 11.8. The summed E-state index contributed by atoms with van der Waals surface area (Å²) < 4.78 is 5.41. The number of ether oxygens (including phenoxy) is 1. The molecule has 0 aliphatic carbocycles. The molecule has 2 atom stereocenters. The molecule has 0 radical (unpaired) electrons. The minimum absolute atomic E-state index is 0.0206. The number of carbonyl (C=O) groups is 1. The van der Waals surface area contributed by atoms with Crippen LogP contribution in [0, 0.1) is 0 Å². The fraction of sp³-hybridized carbons (Fsp3) is 0.533. The largest absolute Gasteiger partial charge is 0.496 e. The number of nitrogens with zero attached hydrogens (tertiary/aromatic N) is 1. The standard InChI is InChI=1S/C15H20ClNO3/c1-3-12(17-8-4-5-13(17)15(18)19)11-9-10(16)6-7-14(11)20-2/h6-7,9,12-13H,3-5,8H2,1-2H3,(H,18,19). The summed E-state index contributed by atoms with van der Waals surface area (Å²) in [5, 5.41) is 10.0. The molecule has 1 saturated heterocycles. The predicted octanol–water partition coefficient (Wildman–Crippen LogP) is 3.35. The minimum atomic E-state index is -0.748. The molecular formula is C15H20ClNO3. The van der Waals surface area contributed by atoms with Crippen molar-refractivity contribution < 1.29 is 14.6 Å². The second-order valence-electron chi connectivity index (χ2n) is 5.04. The maximum absolute atomic E-state index is 11.4. The van der Waals surface area contributed by atoms with E-state index < -0.39 is 12.0 Å². The van der Waals surface area contributed by atoms with Crippen LogP contribution < -0.4 is 4.74 Å².